The van der Waals surface area contributed by atoms with E-state index in [0.717, 1.165) is 0 Å². The quantitative estimate of drug-likeness (QED) is 0.688. The summed E-state index contributed by atoms with van der Waals surface area (Å²) in [5.41, 5.74) is 6.08. The van der Waals surface area contributed by atoms with Gasteiger partial charge in [-0.05, 0) is 5.92 Å². The van der Waals surface area contributed by atoms with Crippen LogP contribution in [0.1, 0.15) is 19.0 Å². The summed E-state index contributed by atoms with van der Waals surface area (Å²) in [4.78, 5) is 25.9. The number of aromatic nitrogens is 1. The highest BCUT2D eigenvalue weighted by molar-refractivity contribution is 7.13. The van der Waals surface area contributed by atoms with Crippen molar-refractivity contribution < 1.29 is 14.7 Å². The third-order valence-electron chi connectivity index (χ3n) is 2.08. The number of rotatable bonds is 6. The number of carboxylic acid groups (broad SMARTS) is 1. The van der Waals surface area contributed by atoms with E-state index in [1.807, 2.05) is 0 Å². The zero-order chi connectivity index (χ0) is 12.8. The lowest BCUT2D eigenvalue weighted by Crippen LogP contribution is -2.30. The van der Waals surface area contributed by atoms with Gasteiger partial charge in [0.1, 0.15) is 0 Å². The van der Waals surface area contributed by atoms with Crippen molar-refractivity contribution in [2.24, 2.45) is 5.92 Å². The number of nitrogens with two attached hydrogens (primary N) is 1. The van der Waals surface area contributed by atoms with E-state index < -0.39 is 5.97 Å². The first-order valence-electron chi connectivity index (χ1n) is 5.15. The Morgan fingerprint density at radius 1 is 1.65 bits per heavy atom. The van der Waals surface area contributed by atoms with Crippen molar-refractivity contribution in [1.82, 2.24) is 10.3 Å². The molecule has 0 bridgehead atoms. The number of thiazole rings is 1. The number of hydrogen-bond donors (Lipinski definition) is 3. The molecule has 0 radical (unpaired) electrons. The zero-order valence-electron chi connectivity index (χ0n) is 9.47. The van der Waals surface area contributed by atoms with Crippen LogP contribution in [0.4, 0.5) is 5.13 Å². The lowest BCUT2D eigenvalue weighted by molar-refractivity contribution is -0.138. The fourth-order valence-electron chi connectivity index (χ4n) is 1.29. The van der Waals surface area contributed by atoms with Crippen molar-refractivity contribution in [3.63, 3.8) is 0 Å². The predicted octanol–water partition coefficient (Wildman–Crippen LogP) is 0.495. The second kappa shape index (κ2) is 6.19. The van der Waals surface area contributed by atoms with Crippen molar-refractivity contribution in [3.8, 4) is 0 Å². The van der Waals surface area contributed by atoms with Crippen LogP contribution in [0, 0.1) is 5.92 Å². The number of anilines is 1. The van der Waals surface area contributed by atoms with E-state index in [4.69, 9.17) is 10.8 Å². The maximum Gasteiger partial charge on any atom is 0.303 e. The van der Waals surface area contributed by atoms with Crippen LogP contribution in [0.25, 0.3) is 0 Å². The third-order valence-corrected chi connectivity index (χ3v) is 2.80. The number of amides is 1. The Hall–Kier alpha value is -1.63. The van der Waals surface area contributed by atoms with Crippen molar-refractivity contribution in [2.75, 3.05) is 12.3 Å². The Bertz CT molecular complexity index is 405. The molecule has 0 saturated heterocycles. The Morgan fingerprint density at radius 3 is 2.88 bits per heavy atom. The first-order valence-corrected chi connectivity index (χ1v) is 6.03. The van der Waals surface area contributed by atoms with Gasteiger partial charge in [-0.25, -0.2) is 4.98 Å². The molecular weight excluding hydrogens is 242 g/mol. The molecule has 6 nitrogen and oxygen atoms in total. The largest absolute Gasteiger partial charge is 0.481 e. The molecule has 0 aromatic carbocycles. The highest BCUT2D eigenvalue weighted by Crippen LogP contribution is 2.11. The Balaban J connectivity index is 2.28. The monoisotopic (exact) mass is 257 g/mol. The smallest absolute Gasteiger partial charge is 0.303 e. The zero-order valence-corrected chi connectivity index (χ0v) is 10.3. The number of nitrogens with zero attached hydrogens (tertiary/aromatic N) is 1. The van der Waals surface area contributed by atoms with Crippen molar-refractivity contribution in [1.29, 1.82) is 0 Å². The van der Waals surface area contributed by atoms with E-state index in [9.17, 15) is 9.59 Å². The molecule has 0 aliphatic rings. The molecule has 0 spiro atoms. The van der Waals surface area contributed by atoms with Gasteiger partial charge in [-0.1, -0.05) is 6.92 Å². The predicted molar refractivity (Wildman–Crippen MR) is 64.7 cm³/mol. The van der Waals surface area contributed by atoms with Crippen LogP contribution in [-0.4, -0.2) is 28.5 Å². The van der Waals surface area contributed by atoms with Crippen LogP contribution in [0.5, 0.6) is 0 Å². The average Bonchev–Trinajstić information content (AvgIpc) is 2.60. The van der Waals surface area contributed by atoms with Gasteiger partial charge in [0.15, 0.2) is 5.13 Å². The van der Waals surface area contributed by atoms with Gasteiger partial charge in [-0.3, -0.25) is 9.59 Å². The maximum atomic E-state index is 11.5. The number of hydrogen-bond acceptors (Lipinski definition) is 5. The second-order valence-electron chi connectivity index (χ2n) is 3.86. The normalized spacial score (nSPS) is 12.1. The van der Waals surface area contributed by atoms with Crippen molar-refractivity contribution in [2.45, 2.75) is 19.8 Å². The maximum absolute atomic E-state index is 11.5. The summed E-state index contributed by atoms with van der Waals surface area (Å²) in [6, 6.07) is 0. The van der Waals surface area contributed by atoms with Crippen LogP contribution in [0.15, 0.2) is 5.38 Å². The summed E-state index contributed by atoms with van der Waals surface area (Å²) < 4.78 is 0. The number of nitrogens with one attached hydrogen (secondary N) is 1. The summed E-state index contributed by atoms with van der Waals surface area (Å²) in [5.74, 6) is -1.12. The molecule has 1 aromatic heterocycles. The Morgan fingerprint density at radius 2 is 2.35 bits per heavy atom. The third kappa shape index (κ3) is 5.30. The van der Waals surface area contributed by atoms with E-state index in [-0.39, 0.29) is 24.7 Å². The number of carboxylic acids is 1. The molecule has 1 heterocycles. The molecule has 1 rings (SSSR count). The minimum Gasteiger partial charge on any atom is -0.481 e. The van der Waals surface area contributed by atoms with Gasteiger partial charge in [-0.15, -0.1) is 11.3 Å². The second-order valence-corrected chi connectivity index (χ2v) is 4.75. The molecule has 1 unspecified atom stereocenters. The first kappa shape index (κ1) is 13.4. The van der Waals surface area contributed by atoms with Crippen LogP contribution >= 0.6 is 11.3 Å². The minimum absolute atomic E-state index is 0.0456. The lowest BCUT2D eigenvalue weighted by Gasteiger charge is -2.09. The molecule has 17 heavy (non-hydrogen) atoms. The summed E-state index contributed by atoms with van der Waals surface area (Å²) in [7, 11) is 0. The molecule has 0 aliphatic heterocycles. The van der Waals surface area contributed by atoms with Crippen LogP contribution in [0.2, 0.25) is 0 Å². The van der Waals surface area contributed by atoms with Gasteiger partial charge in [0.2, 0.25) is 5.91 Å². The fourth-order valence-corrected chi connectivity index (χ4v) is 1.85. The van der Waals surface area contributed by atoms with Crippen LogP contribution in [0.3, 0.4) is 0 Å². The number of carbonyl (C=O) groups excluding carboxylic acids is 1. The van der Waals surface area contributed by atoms with E-state index in [0.29, 0.717) is 17.4 Å². The fraction of sp³-hybridized carbons (Fsp3) is 0.500. The van der Waals surface area contributed by atoms with E-state index >= 15 is 0 Å². The molecule has 94 valence electrons. The van der Waals surface area contributed by atoms with E-state index in [1.54, 1.807) is 12.3 Å². The summed E-state index contributed by atoms with van der Waals surface area (Å²) in [6.45, 7) is 2.12. The van der Waals surface area contributed by atoms with Crippen molar-refractivity contribution in [3.05, 3.63) is 11.1 Å². The molecule has 1 amide bonds. The van der Waals surface area contributed by atoms with E-state index in [2.05, 4.69) is 10.3 Å². The van der Waals surface area contributed by atoms with Gasteiger partial charge in [-0.2, -0.15) is 0 Å². The molecule has 0 fully saturated rings. The van der Waals surface area contributed by atoms with Gasteiger partial charge >= 0.3 is 5.97 Å². The van der Waals surface area contributed by atoms with Crippen molar-refractivity contribution >= 4 is 28.3 Å². The molecule has 1 aromatic rings. The van der Waals surface area contributed by atoms with Crippen LogP contribution in [-0.2, 0) is 16.0 Å². The van der Waals surface area contributed by atoms with Gasteiger partial charge < -0.3 is 16.2 Å². The Labute approximate surface area is 103 Å². The van der Waals surface area contributed by atoms with Gasteiger partial charge in [0, 0.05) is 18.3 Å². The number of carbonyl (C=O) groups is 2. The lowest BCUT2D eigenvalue weighted by atomic mass is 10.1. The highest BCUT2D eigenvalue weighted by atomic mass is 32.1. The SMILES string of the molecule is CC(CNC(=O)Cc1csc(N)n1)CC(=O)O. The van der Waals surface area contributed by atoms with Crippen LogP contribution < -0.4 is 11.1 Å². The molecule has 0 aliphatic carbocycles. The van der Waals surface area contributed by atoms with Gasteiger partial charge in [0.25, 0.3) is 0 Å². The first-order chi connectivity index (χ1) is 7.97. The molecule has 0 saturated carbocycles. The molecule has 1 atom stereocenters. The summed E-state index contributed by atoms with van der Waals surface area (Å²) in [6.07, 6.45) is 0.220. The Kier molecular flexibility index (Phi) is 4.89. The summed E-state index contributed by atoms with van der Waals surface area (Å²) in [5, 5.41) is 13.4. The average molecular weight is 257 g/mol. The minimum atomic E-state index is -0.862. The van der Waals surface area contributed by atoms with E-state index in [1.165, 1.54) is 11.3 Å². The molecule has 7 heteroatoms. The highest BCUT2D eigenvalue weighted by Gasteiger charge is 2.10. The summed E-state index contributed by atoms with van der Waals surface area (Å²) >= 11 is 1.29. The topological polar surface area (TPSA) is 105 Å². The molecule has 4 N–H and O–H groups in total. The van der Waals surface area contributed by atoms with Gasteiger partial charge in [0.05, 0.1) is 12.1 Å². The molecular formula is C10H15N3O3S. The number of aliphatic carboxylic acids is 1. The number of nitrogen functional groups attached to an aromatic ring is 1. The standard InChI is InChI=1S/C10H15N3O3S/c1-6(2-9(15)16)4-12-8(14)3-7-5-17-10(11)13-7/h5-6H,2-4H2,1H3,(H2,11,13)(H,12,14)(H,15,16).